The van der Waals surface area contributed by atoms with E-state index in [0.717, 1.165) is 12.8 Å². The zero-order valence-electron chi connectivity index (χ0n) is 11.1. The van der Waals surface area contributed by atoms with Gasteiger partial charge in [0.1, 0.15) is 0 Å². The number of hydrogen-bond donors (Lipinski definition) is 2. The number of carbonyl (C=O) groups excluding carboxylic acids is 1. The van der Waals surface area contributed by atoms with Crippen molar-refractivity contribution in [2.45, 2.75) is 71.4 Å². The van der Waals surface area contributed by atoms with E-state index < -0.39 is 6.04 Å². The summed E-state index contributed by atoms with van der Waals surface area (Å²) in [5.74, 6) is -0.00287. The molecule has 0 saturated heterocycles. The third-order valence-electron chi connectivity index (χ3n) is 3.60. The van der Waals surface area contributed by atoms with Gasteiger partial charge in [-0.05, 0) is 25.2 Å². The van der Waals surface area contributed by atoms with Gasteiger partial charge in [-0.25, -0.2) is 0 Å². The van der Waals surface area contributed by atoms with Gasteiger partial charge in [0.25, 0.3) is 0 Å². The van der Waals surface area contributed by atoms with E-state index in [2.05, 4.69) is 12.2 Å². The van der Waals surface area contributed by atoms with Crippen LogP contribution in [0.3, 0.4) is 0 Å². The lowest BCUT2D eigenvalue weighted by Crippen LogP contribution is -2.56. The van der Waals surface area contributed by atoms with Crippen molar-refractivity contribution in [1.29, 1.82) is 0 Å². The Morgan fingerprint density at radius 3 is 2.19 bits per heavy atom. The Hall–Kier alpha value is -0.570. The molecule has 0 radical (unpaired) electrons. The first kappa shape index (κ1) is 13.5. The maximum Gasteiger partial charge on any atom is 0.237 e. The van der Waals surface area contributed by atoms with Gasteiger partial charge in [0.15, 0.2) is 0 Å². The van der Waals surface area contributed by atoms with E-state index in [4.69, 9.17) is 5.73 Å². The quantitative estimate of drug-likeness (QED) is 0.758. The van der Waals surface area contributed by atoms with Crippen LogP contribution in [0.5, 0.6) is 0 Å². The van der Waals surface area contributed by atoms with Gasteiger partial charge in [-0.15, -0.1) is 0 Å². The molecular formula is C13H26N2O. The summed E-state index contributed by atoms with van der Waals surface area (Å²) >= 11 is 0. The highest BCUT2D eigenvalue weighted by atomic mass is 16.2. The molecule has 94 valence electrons. The van der Waals surface area contributed by atoms with Crippen LogP contribution in [0.1, 0.15) is 59.8 Å². The first-order valence-corrected chi connectivity index (χ1v) is 6.32. The number of amides is 1. The Bertz CT molecular complexity index is 249. The highest BCUT2D eigenvalue weighted by molar-refractivity contribution is 5.83. The molecule has 1 atom stereocenters. The predicted molar refractivity (Wildman–Crippen MR) is 67.1 cm³/mol. The van der Waals surface area contributed by atoms with E-state index >= 15 is 0 Å². The van der Waals surface area contributed by atoms with E-state index in [1.807, 2.05) is 20.8 Å². The number of hydrogen-bond acceptors (Lipinski definition) is 2. The molecule has 1 aliphatic rings. The lowest BCUT2D eigenvalue weighted by molar-refractivity contribution is -0.126. The zero-order valence-corrected chi connectivity index (χ0v) is 11.1. The van der Waals surface area contributed by atoms with Crippen molar-refractivity contribution in [1.82, 2.24) is 5.32 Å². The molecule has 0 aromatic carbocycles. The summed E-state index contributed by atoms with van der Waals surface area (Å²) in [6, 6.07) is -0.425. The van der Waals surface area contributed by atoms with Crippen molar-refractivity contribution >= 4 is 5.91 Å². The molecule has 3 nitrogen and oxygen atoms in total. The fraction of sp³-hybridized carbons (Fsp3) is 0.923. The molecule has 1 fully saturated rings. The van der Waals surface area contributed by atoms with Crippen molar-refractivity contribution < 1.29 is 4.79 Å². The summed E-state index contributed by atoms with van der Waals surface area (Å²) in [4.78, 5) is 12.0. The highest BCUT2D eigenvalue weighted by Gasteiger charge is 2.33. The lowest BCUT2D eigenvalue weighted by atomic mass is 9.81. The molecule has 1 saturated carbocycles. The Morgan fingerprint density at radius 2 is 1.75 bits per heavy atom. The molecule has 0 spiro atoms. The Kier molecular flexibility index (Phi) is 4.00. The number of nitrogens with two attached hydrogens (primary N) is 1. The Morgan fingerprint density at radius 1 is 1.25 bits per heavy atom. The first-order valence-electron chi connectivity index (χ1n) is 6.32. The van der Waals surface area contributed by atoms with Crippen molar-refractivity contribution in [3.05, 3.63) is 0 Å². The molecule has 1 aliphatic carbocycles. The van der Waals surface area contributed by atoms with Crippen LogP contribution in [0.25, 0.3) is 0 Å². The number of nitrogens with one attached hydrogen (secondary N) is 1. The minimum absolute atomic E-state index is 0.00287. The van der Waals surface area contributed by atoms with Crippen LogP contribution in [-0.2, 0) is 4.79 Å². The molecule has 3 N–H and O–H groups in total. The normalized spacial score (nSPS) is 22.6. The second-order valence-corrected chi connectivity index (χ2v) is 6.45. The van der Waals surface area contributed by atoms with E-state index in [1.54, 1.807) is 0 Å². The summed E-state index contributed by atoms with van der Waals surface area (Å²) in [6.07, 6.45) is 5.87. The van der Waals surface area contributed by atoms with Crippen molar-refractivity contribution in [2.24, 2.45) is 11.1 Å². The van der Waals surface area contributed by atoms with E-state index in [-0.39, 0.29) is 16.9 Å². The van der Waals surface area contributed by atoms with E-state index in [0.29, 0.717) is 0 Å². The third-order valence-corrected chi connectivity index (χ3v) is 3.60. The van der Waals surface area contributed by atoms with Crippen LogP contribution in [0, 0.1) is 5.41 Å². The van der Waals surface area contributed by atoms with Crippen LogP contribution in [0.15, 0.2) is 0 Å². The smallest absolute Gasteiger partial charge is 0.237 e. The fourth-order valence-electron chi connectivity index (χ4n) is 2.23. The number of rotatable bonds is 2. The Labute approximate surface area is 99.2 Å². The van der Waals surface area contributed by atoms with Crippen molar-refractivity contribution in [3.63, 3.8) is 0 Å². The summed E-state index contributed by atoms with van der Waals surface area (Å²) in [5, 5.41) is 3.14. The van der Waals surface area contributed by atoms with Crippen LogP contribution in [0.2, 0.25) is 0 Å². The molecule has 1 unspecified atom stereocenters. The van der Waals surface area contributed by atoms with Crippen LogP contribution in [-0.4, -0.2) is 17.5 Å². The largest absolute Gasteiger partial charge is 0.350 e. The first-order chi connectivity index (χ1) is 7.25. The van der Waals surface area contributed by atoms with Crippen LogP contribution >= 0.6 is 0 Å². The van der Waals surface area contributed by atoms with Crippen molar-refractivity contribution in [2.75, 3.05) is 0 Å². The molecule has 0 aliphatic heterocycles. The van der Waals surface area contributed by atoms with Gasteiger partial charge in [-0.1, -0.05) is 40.0 Å². The van der Waals surface area contributed by atoms with Gasteiger partial charge in [0.05, 0.1) is 6.04 Å². The maximum absolute atomic E-state index is 12.0. The summed E-state index contributed by atoms with van der Waals surface area (Å²) in [7, 11) is 0. The molecule has 0 aromatic heterocycles. The molecule has 1 amide bonds. The van der Waals surface area contributed by atoms with Gasteiger partial charge in [0, 0.05) is 5.54 Å². The SMILES string of the molecule is CC1(NC(=O)C(N)C(C)(C)C)CCCCC1. The molecule has 0 bridgehead atoms. The van der Waals surface area contributed by atoms with Crippen LogP contribution < -0.4 is 11.1 Å². The molecular weight excluding hydrogens is 200 g/mol. The average Bonchev–Trinajstić information content (AvgIpc) is 2.15. The average molecular weight is 226 g/mol. The highest BCUT2D eigenvalue weighted by Crippen LogP contribution is 2.28. The summed E-state index contributed by atoms with van der Waals surface area (Å²) in [5.41, 5.74) is 5.76. The molecule has 1 rings (SSSR count). The molecule has 3 heteroatoms. The second kappa shape index (κ2) is 4.74. The zero-order chi connectivity index (χ0) is 12.4. The standard InChI is InChI=1S/C13H26N2O/c1-12(2,3)10(14)11(16)15-13(4)8-6-5-7-9-13/h10H,5-9,14H2,1-4H3,(H,15,16). The van der Waals surface area contributed by atoms with E-state index in [9.17, 15) is 4.79 Å². The van der Waals surface area contributed by atoms with Gasteiger partial charge >= 0.3 is 0 Å². The summed E-state index contributed by atoms with van der Waals surface area (Å²) in [6.45, 7) is 8.14. The minimum Gasteiger partial charge on any atom is -0.350 e. The fourth-order valence-corrected chi connectivity index (χ4v) is 2.23. The van der Waals surface area contributed by atoms with E-state index in [1.165, 1.54) is 19.3 Å². The van der Waals surface area contributed by atoms with Gasteiger partial charge in [0.2, 0.25) is 5.91 Å². The lowest BCUT2D eigenvalue weighted by Gasteiger charge is -2.37. The summed E-state index contributed by atoms with van der Waals surface area (Å²) < 4.78 is 0. The van der Waals surface area contributed by atoms with Gasteiger partial charge in [-0.2, -0.15) is 0 Å². The molecule has 16 heavy (non-hydrogen) atoms. The minimum atomic E-state index is -0.425. The molecule has 0 aromatic rings. The maximum atomic E-state index is 12.0. The third kappa shape index (κ3) is 3.48. The van der Waals surface area contributed by atoms with Gasteiger partial charge in [-0.3, -0.25) is 4.79 Å². The monoisotopic (exact) mass is 226 g/mol. The number of carbonyl (C=O) groups is 1. The Balaban J connectivity index is 2.56. The predicted octanol–water partition coefficient (Wildman–Crippen LogP) is 2.20. The second-order valence-electron chi connectivity index (χ2n) is 6.45. The molecule has 0 heterocycles. The van der Waals surface area contributed by atoms with Gasteiger partial charge < -0.3 is 11.1 Å². The van der Waals surface area contributed by atoms with Crippen molar-refractivity contribution in [3.8, 4) is 0 Å². The topological polar surface area (TPSA) is 55.1 Å². The van der Waals surface area contributed by atoms with Crippen LogP contribution in [0.4, 0.5) is 0 Å².